The van der Waals surface area contributed by atoms with Crippen molar-refractivity contribution in [3.63, 3.8) is 0 Å². The minimum atomic E-state index is -0.609. The summed E-state index contributed by atoms with van der Waals surface area (Å²) >= 11 is 5.95. The van der Waals surface area contributed by atoms with Crippen molar-refractivity contribution >= 4 is 23.3 Å². The van der Waals surface area contributed by atoms with Gasteiger partial charge in [0.25, 0.3) is 0 Å². The Hall–Kier alpha value is -2.01. The number of carbonyl (C=O) groups is 1. The zero-order valence-corrected chi connectivity index (χ0v) is 12.1. The second kappa shape index (κ2) is 6.43. The summed E-state index contributed by atoms with van der Waals surface area (Å²) in [7, 11) is 1.80. The smallest absolute Gasteiger partial charge is 0.333 e. The van der Waals surface area contributed by atoms with Crippen molar-refractivity contribution in [2.45, 2.75) is 13.0 Å². The van der Waals surface area contributed by atoms with Crippen molar-refractivity contribution in [1.82, 2.24) is 9.78 Å². The minimum absolute atomic E-state index is 0.326. The summed E-state index contributed by atoms with van der Waals surface area (Å²) in [6.07, 6.45) is 3.41. The lowest BCUT2D eigenvalue weighted by Gasteiger charge is -2.17. The van der Waals surface area contributed by atoms with E-state index in [0.29, 0.717) is 11.6 Å². The fourth-order valence-electron chi connectivity index (χ4n) is 1.84. The first kappa shape index (κ1) is 14.4. The molecule has 2 rings (SSSR count). The van der Waals surface area contributed by atoms with Gasteiger partial charge in [0.2, 0.25) is 0 Å². The molecular formula is C14H16ClN3O2. The summed E-state index contributed by atoms with van der Waals surface area (Å²) in [6, 6.07) is 6.58. The molecule has 0 fully saturated rings. The zero-order chi connectivity index (χ0) is 14.5. The number of hydrogen-bond donors (Lipinski definition) is 1. The van der Waals surface area contributed by atoms with Crippen molar-refractivity contribution in [2.75, 3.05) is 11.9 Å². The number of benzene rings is 1. The first-order chi connectivity index (χ1) is 9.60. The maximum absolute atomic E-state index is 12.1. The summed E-state index contributed by atoms with van der Waals surface area (Å²) in [4.78, 5) is 12.1. The van der Waals surface area contributed by atoms with E-state index in [1.54, 1.807) is 43.2 Å². The summed E-state index contributed by atoms with van der Waals surface area (Å²) in [5, 5.41) is 7.80. The van der Waals surface area contributed by atoms with Gasteiger partial charge in [-0.25, -0.2) is 4.79 Å². The first-order valence-corrected chi connectivity index (χ1v) is 6.65. The molecule has 0 bridgehead atoms. The summed E-state index contributed by atoms with van der Waals surface area (Å²) in [5.74, 6) is -0.347. The Morgan fingerprint density at radius 2 is 2.35 bits per heavy atom. The molecule has 1 unspecified atom stereocenters. The van der Waals surface area contributed by atoms with E-state index >= 15 is 0 Å². The number of aromatic nitrogens is 2. The third kappa shape index (κ3) is 3.51. The van der Waals surface area contributed by atoms with Crippen molar-refractivity contribution in [1.29, 1.82) is 0 Å². The van der Waals surface area contributed by atoms with Crippen LogP contribution in [-0.2, 0) is 16.6 Å². The van der Waals surface area contributed by atoms with Gasteiger partial charge in [-0.3, -0.25) is 4.68 Å². The Balaban J connectivity index is 2.25. The van der Waals surface area contributed by atoms with Crippen LogP contribution >= 0.6 is 11.6 Å². The van der Waals surface area contributed by atoms with E-state index in [-0.39, 0.29) is 5.97 Å². The van der Waals surface area contributed by atoms with Gasteiger partial charge < -0.3 is 10.1 Å². The summed E-state index contributed by atoms with van der Waals surface area (Å²) < 4.78 is 6.74. The van der Waals surface area contributed by atoms with Crippen LogP contribution in [0.5, 0.6) is 0 Å². The molecule has 1 heterocycles. The number of hydrogen-bond acceptors (Lipinski definition) is 4. The van der Waals surface area contributed by atoms with Crippen molar-refractivity contribution < 1.29 is 9.53 Å². The third-order valence-corrected chi connectivity index (χ3v) is 2.95. The molecule has 1 aromatic carbocycles. The molecule has 0 saturated heterocycles. The predicted molar refractivity (Wildman–Crippen MR) is 77.7 cm³/mol. The van der Waals surface area contributed by atoms with Gasteiger partial charge in [-0.05, 0) is 25.1 Å². The normalized spacial score (nSPS) is 11.9. The molecule has 0 radical (unpaired) electrons. The van der Waals surface area contributed by atoms with Crippen LogP contribution in [0.15, 0.2) is 36.7 Å². The minimum Gasteiger partial charge on any atom is -0.464 e. The van der Waals surface area contributed by atoms with Crippen LogP contribution in [0.25, 0.3) is 0 Å². The lowest BCUT2D eigenvalue weighted by molar-refractivity contribution is -0.144. The molecule has 5 nitrogen and oxygen atoms in total. The molecule has 0 aliphatic carbocycles. The Bertz CT molecular complexity index is 598. The second-order valence-corrected chi connectivity index (χ2v) is 4.72. The molecular weight excluding hydrogens is 278 g/mol. The van der Waals surface area contributed by atoms with Gasteiger partial charge in [-0.15, -0.1) is 0 Å². The molecule has 0 aliphatic rings. The van der Waals surface area contributed by atoms with Crippen LogP contribution in [0.3, 0.4) is 0 Å². The number of nitrogens with zero attached hydrogens (tertiary/aromatic N) is 2. The molecule has 0 aliphatic heterocycles. The number of esters is 1. The predicted octanol–water partition coefficient (Wildman–Crippen LogP) is 2.79. The third-order valence-electron chi connectivity index (χ3n) is 2.72. The maximum Gasteiger partial charge on any atom is 0.333 e. The molecule has 20 heavy (non-hydrogen) atoms. The van der Waals surface area contributed by atoms with Gasteiger partial charge in [-0.2, -0.15) is 5.10 Å². The number of nitrogens with one attached hydrogen (secondary N) is 1. The van der Waals surface area contributed by atoms with E-state index in [1.807, 2.05) is 12.1 Å². The molecule has 6 heteroatoms. The maximum atomic E-state index is 12.1. The van der Waals surface area contributed by atoms with Gasteiger partial charge in [0.15, 0.2) is 6.04 Å². The van der Waals surface area contributed by atoms with Gasteiger partial charge in [0, 0.05) is 29.5 Å². The standard InChI is InChI=1S/C14H16ClN3O2/c1-3-20-14(19)13(10-8-16-18(2)9-10)17-12-6-4-5-11(15)7-12/h4-9,13,17H,3H2,1-2H3. The van der Waals surface area contributed by atoms with Gasteiger partial charge in [0.05, 0.1) is 12.8 Å². The SMILES string of the molecule is CCOC(=O)C(Nc1cccc(Cl)c1)c1cnn(C)c1. The fourth-order valence-corrected chi connectivity index (χ4v) is 2.03. The number of rotatable bonds is 5. The molecule has 0 saturated carbocycles. The quantitative estimate of drug-likeness (QED) is 0.861. The molecule has 106 valence electrons. The monoisotopic (exact) mass is 293 g/mol. The highest BCUT2D eigenvalue weighted by Gasteiger charge is 2.23. The van der Waals surface area contributed by atoms with Crippen LogP contribution in [-0.4, -0.2) is 22.4 Å². The van der Waals surface area contributed by atoms with Crippen molar-refractivity contribution in [2.24, 2.45) is 7.05 Å². The average Bonchev–Trinajstić information content (AvgIpc) is 2.83. The Morgan fingerprint density at radius 1 is 1.55 bits per heavy atom. The highest BCUT2D eigenvalue weighted by molar-refractivity contribution is 6.30. The molecule has 1 aromatic heterocycles. The largest absolute Gasteiger partial charge is 0.464 e. The van der Waals surface area contributed by atoms with Crippen LogP contribution < -0.4 is 5.32 Å². The Morgan fingerprint density at radius 3 is 2.95 bits per heavy atom. The molecule has 0 spiro atoms. The van der Waals surface area contributed by atoms with E-state index in [4.69, 9.17) is 16.3 Å². The average molecular weight is 294 g/mol. The Labute approximate surface area is 122 Å². The lowest BCUT2D eigenvalue weighted by atomic mass is 10.1. The summed E-state index contributed by atoms with van der Waals surface area (Å²) in [5.41, 5.74) is 1.49. The van der Waals surface area contributed by atoms with Gasteiger partial charge >= 0.3 is 5.97 Å². The second-order valence-electron chi connectivity index (χ2n) is 4.29. The van der Waals surface area contributed by atoms with E-state index in [1.165, 1.54) is 0 Å². The number of aryl methyl sites for hydroxylation is 1. The van der Waals surface area contributed by atoms with Crippen molar-refractivity contribution in [3.05, 3.63) is 47.2 Å². The fraction of sp³-hybridized carbons (Fsp3) is 0.286. The number of anilines is 1. The lowest BCUT2D eigenvalue weighted by Crippen LogP contribution is -2.23. The number of carbonyl (C=O) groups excluding carboxylic acids is 1. The van der Waals surface area contributed by atoms with Gasteiger partial charge in [0.1, 0.15) is 0 Å². The van der Waals surface area contributed by atoms with Crippen molar-refractivity contribution in [3.8, 4) is 0 Å². The van der Waals surface area contributed by atoms with Crippen LogP contribution in [0.4, 0.5) is 5.69 Å². The summed E-state index contributed by atoms with van der Waals surface area (Å²) in [6.45, 7) is 2.10. The topological polar surface area (TPSA) is 56.1 Å². The van der Waals surface area contributed by atoms with E-state index in [9.17, 15) is 4.79 Å². The van der Waals surface area contributed by atoms with E-state index in [0.717, 1.165) is 11.3 Å². The highest BCUT2D eigenvalue weighted by atomic mass is 35.5. The van der Waals surface area contributed by atoms with Gasteiger partial charge in [-0.1, -0.05) is 17.7 Å². The zero-order valence-electron chi connectivity index (χ0n) is 11.3. The molecule has 1 atom stereocenters. The first-order valence-electron chi connectivity index (χ1n) is 6.27. The molecule has 1 N–H and O–H groups in total. The molecule has 0 amide bonds. The number of ether oxygens (including phenoxy) is 1. The number of halogens is 1. The van der Waals surface area contributed by atoms with E-state index in [2.05, 4.69) is 10.4 Å². The van der Waals surface area contributed by atoms with Crippen LogP contribution in [0.2, 0.25) is 5.02 Å². The van der Waals surface area contributed by atoms with Crippen LogP contribution in [0.1, 0.15) is 18.5 Å². The highest BCUT2D eigenvalue weighted by Crippen LogP contribution is 2.22. The van der Waals surface area contributed by atoms with Crippen LogP contribution in [0, 0.1) is 0 Å². The molecule has 2 aromatic rings. The Kier molecular flexibility index (Phi) is 4.63. The van der Waals surface area contributed by atoms with E-state index < -0.39 is 6.04 Å².